The Balaban J connectivity index is 2.18. The van der Waals surface area contributed by atoms with Crippen LogP contribution in [0.2, 0.25) is 0 Å². The highest BCUT2D eigenvalue weighted by Gasteiger charge is 2.08. The summed E-state index contributed by atoms with van der Waals surface area (Å²) in [6.45, 7) is 5.03. The van der Waals surface area contributed by atoms with Gasteiger partial charge in [-0.3, -0.25) is 4.98 Å². The van der Waals surface area contributed by atoms with Gasteiger partial charge in [-0.15, -0.1) is 0 Å². The fraction of sp³-hybridized carbons (Fsp3) is 0.353. The Morgan fingerprint density at radius 2 is 1.86 bits per heavy atom. The van der Waals surface area contributed by atoms with Gasteiger partial charge in [0.2, 0.25) is 0 Å². The van der Waals surface area contributed by atoms with E-state index in [-0.39, 0.29) is 0 Å². The normalized spacial score (nSPS) is 10.5. The molecule has 4 heteroatoms. The molecule has 0 spiro atoms. The summed E-state index contributed by atoms with van der Waals surface area (Å²) >= 11 is 0. The fourth-order valence-electron chi connectivity index (χ4n) is 2.22. The van der Waals surface area contributed by atoms with Crippen LogP contribution in [0.15, 0.2) is 30.3 Å². The van der Waals surface area contributed by atoms with Crippen molar-refractivity contribution in [3.63, 3.8) is 0 Å². The number of aryl methyl sites for hydroxylation is 2. The van der Waals surface area contributed by atoms with Crippen molar-refractivity contribution in [1.82, 2.24) is 4.98 Å². The van der Waals surface area contributed by atoms with Crippen molar-refractivity contribution in [3.05, 3.63) is 52.8 Å². The maximum atomic E-state index is 5.93. The lowest BCUT2D eigenvalue weighted by atomic mass is 10.1. The van der Waals surface area contributed by atoms with Crippen LogP contribution in [0, 0.1) is 13.8 Å². The smallest absolute Gasteiger partial charge is 0.141 e. The molecule has 1 aromatic carbocycles. The van der Waals surface area contributed by atoms with Crippen molar-refractivity contribution in [2.45, 2.75) is 26.9 Å². The number of ether oxygens (including phenoxy) is 2. The van der Waals surface area contributed by atoms with Crippen molar-refractivity contribution in [2.24, 2.45) is 5.73 Å². The third-order valence-corrected chi connectivity index (χ3v) is 3.27. The summed E-state index contributed by atoms with van der Waals surface area (Å²) in [5, 5.41) is 0. The number of nitrogens with two attached hydrogens (primary N) is 1. The van der Waals surface area contributed by atoms with E-state index >= 15 is 0 Å². The van der Waals surface area contributed by atoms with Gasteiger partial charge in [-0.2, -0.15) is 0 Å². The van der Waals surface area contributed by atoms with E-state index in [4.69, 9.17) is 15.2 Å². The molecular formula is C17H22N2O2. The summed E-state index contributed by atoms with van der Waals surface area (Å²) in [6, 6.07) is 9.96. The topological polar surface area (TPSA) is 57.4 Å². The van der Waals surface area contributed by atoms with E-state index in [0.29, 0.717) is 19.6 Å². The van der Waals surface area contributed by atoms with Crippen LogP contribution in [-0.4, -0.2) is 18.6 Å². The number of rotatable bonds is 6. The Morgan fingerprint density at radius 1 is 1.10 bits per heavy atom. The van der Waals surface area contributed by atoms with E-state index in [1.807, 2.05) is 31.2 Å². The second-order valence-electron chi connectivity index (χ2n) is 5.04. The van der Waals surface area contributed by atoms with Crippen LogP contribution in [0.1, 0.15) is 22.5 Å². The number of aromatic nitrogens is 1. The van der Waals surface area contributed by atoms with Crippen molar-refractivity contribution >= 4 is 0 Å². The first-order valence-corrected chi connectivity index (χ1v) is 7.07. The van der Waals surface area contributed by atoms with Gasteiger partial charge >= 0.3 is 0 Å². The van der Waals surface area contributed by atoms with E-state index in [1.165, 1.54) is 5.56 Å². The van der Waals surface area contributed by atoms with Gasteiger partial charge < -0.3 is 15.2 Å². The first-order chi connectivity index (χ1) is 10.1. The van der Waals surface area contributed by atoms with Crippen LogP contribution < -0.4 is 15.2 Å². The highest BCUT2D eigenvalue weighted by molar-refractivity contribution is 5.37. The minimum Gasteiger partial charge on any atom is -0.496 e. The summed E-state index contributed by atoms with van der Waals surface area (Å²) in [5.41, 5.74) is 9.72. The second kappa shape index (κ2) is 7.09. The van der Waals surface area contributed by atoms with Gasteiger partial charge in [-0.05, 0) is 44.7 Å². The van der Waals surface area contributed by atoms with Crippen LogP contribution in [-0.2, 0) is 13.0 Å². The van der Waals surface area contributed by atoms with E-state index in [1.54, 1.807) is 7.11 Å². The average molecular weight is 286 g/mol. The lowest BCUT2D eigenvalue weighted by Gasteiger charge is -2.13. The molecule has 0 fully saturated rings. The van der Waals surface area contributed by atoms with Crippen LogP contribution in [0.5, 0.6) is 11.5 Å². The molecule has 0 saturated heterocycles. The quantitative estimate of drug-likeness (QED) is 0.887. The zero-order valence-corrected chi connectivity index (χ0v) is 12.8. The number of hydrogen-bond donors (Lipinski definition) is 1. The minimum absolute atomic E-state index is 0.452. The molecule has 0 amide bonds. The molecule has 2 rings (SSSR count). The fourth-order valence-corrected chi connectivity index (χ4v) is 2.22. The number of pyridine rings is 1. The summed E-state index contributed by atoms with van der Waals surface area (Å²) in [4.78, 5) is 4.50. The maximum absolute atomic E-state index is 5.93. The van der Waals surface area contributed by atoms with Crippen molar-refractivity contribution in [1.29, 1.82) is 0 Å². The molecule has 2 aromatic rings. The molecule has 0 aliphatic heterocycles. The lowest BCUT2D eigenvalue weighted by molar-refractivity contribution is 0.292. The summed E-state index contributed by atoms with van der Waals surface area (Å²) in [7, 11) is 1.67. The molecule has 1 heterocycles. The Kier molecular flexibility index (Phi) is 5.17. The third-order valence-electron chi connectivity index (χ3n) is 3.27. The Bertz CT molecular complexity index is 612. The molecule has 0 unspecified atom stereocenters. The monoisotopic (exact) mass is 286 g/mol. The van der Waals surface area contributed by atoms with E-state index in [2.05, 4.69) is 18.0 Å². The first-order valence-electron chi connectivity index (χ1n) is 7.07. The van der Waals surface area contributed by atoms with Crippen LogP contribution in [0.3, 0.4) is 0 Å². The molecule has 0 saturated carbocycles. The van der Waals surface area contributed by atoms with Gasteiger partial charge in [0.1, 0.15) is 18.1 Å². The molecule has 1 aromatic heterocycles. The minimum atomic E-state index is 0.452. The highest BCUT2D eigenvalue weighted by Crippen LogP contribution is 2.23. The predicted molar refractivity (Wildman–Crippen MR) is 83.8 cm³/mol. The van der Waals surface area contributed by atoms with Crippen LogP contribution in [0.4, 0.5) is 0 Å². The molecule has 21 heavy (non-hydrogen) atoms. The number of nitrogens with zero attached hydrogens (tertiary/aromatic N) is 1. The first kappa shape index (κ1) is 15.3. The molecule has 0 aliphatic carbocycles. The summed E-state index contributed by atoms with van der Waals surface area (Å²) in [5.74, 6) is 1.62. The van der Waals surface area contributed by atoms with Crippen LogP contribution in [0.25, 0.3) is 0 Å². The molecule has 0 radical (unpaired) electrons. The van der Waals surface area contributed by atoms with E-state index in [9.17, 15) is 0 Å². The van der Waals surface area contributed by atoms with Gasteiger partial charge in [-0.25, -0.2) is 0 Å². The van der Waals surface area contributed by atoms with Crippen molar-refractivity contribution in [3.8, 4) is 11.5 Å². The predicted octanol–water partition coefficient (Wildman–Crippen LogP) is 2.79. The number of hydrogen-bond acceptors (Lipinski definition) is 4. The molecular weight excluding hydrogens is 264 g/mol. The molecule has 112 valence electrons. The average Bonchev–Trinajstić information content (AvgIpc) is 2.47. The van der Waals surface area contributed by atoms with Gasteiger partial charge in [0, 0.05) is 17.7 Å². The summed E-state index contributed by atoms with van der Waals surface area (Å²) in [6.07, 6.45) is 0.710. The van der Waals surface area contributed by atoms with Gasteiger partial charge in [0.15, 0.2) is 0 Å². The molecule has 2 N–H and O–H groups in total. The largest absolute Gasteiger partial charge is 0.496 e. The Labute approximate surface area is 125 Å². The molecule has 0 aliphatic rings. The van der Waals surface area contributed by atoms with Gasteiger partial charge in [0.05, 0.1) is 12.8 Å². The highest BCUT2D eigenvalue weighted by atomic mass is 16.5. The SMILES string of the molecule is COc1ccc(C)cc1COc1ccc(C)nc1CCN. The van der Waals surface area contributed by atoms with Gasteiger partial charge in [0.25, 0.3) is 0 Å². The molecule has 0 atom stereocenters. The molecule has 4 nitrogen and oxygen atoms in total. The second-order valence-corrected chi connectivity index (χ2v) is 5.04. The Morgan fingerprint density at radius 3 is 2.57 bits per heavy atom. The third kappa shape index (κ3) is 3.95. The summed E-state index contributed by atoms with van der Waals surface area (Å²) < 4.78 is 11.3. The van der Waals surface area contributed by atoms with E-state index in [0.717, 1.165) is 28.5 Å². The standard InChI is InChI=1S/C17H22N2O2/c1-12-4-6-16(20-3)14(10-12)11-21-17-7-5-13(2)19-15(17)8-9-18/h4-7,10H,8-9,11,18H2,1-3H3. The van der Waals surface area contributed by atoms with Crippen molar-refractivity contribution in [2.75, 3.05) is 13.7 Å². The zero-order valence-electron chi connectivity index (χ0n) is 12.8. The number of benzene rings is 1. The van der Waals surface area contributed by atoms with E-state index < -0.39 is 0 Å². The molecule has 0 bridgehead atoms. The number of methoxy groups -OCH3 is 1. The van der Waals surface area contributed by atoms with Crippen LogP contribution >= 0.6 is 0 Å². The zero-order chi connectivity index (χ0) is 15.2. The van der Waals surface area contributed by atoms with Crippen molar-refractivity contribution < 1.29 is 9.47 Å². The Hall–Kier alpha value is -2.07. The maximum Gasteiger partial charge on any atom is 0.141 e. The van der Waals surface area contributed by atoms with Gasteiger partial charge in [-0.1, -0.05) is 11.6 Å². The lowest BCUT2D eigenvalue weighted by Crippen LogP contribution is -2.08.